The van der Waals surface area contributed by atoms with Gasteiger partial charge in [-0.25, -0.2) is 9.07 Å². The molecule has 1 unspecified atom stereocenters. The van der Waals surface area contributed by atoms with Crippen LogP contribution in [0, 0.1) is 25.1 Å². The number of aliphatic hydroxyl groups excluding tert-OH is 1. The second-order valence-electron chi connectivity index (χ2n) is 7.05. The van der Waals surface area contributed by atoms with E-state index in [0.717, 1.165) is 22.6 Å². The molecule has 0 spiro atoms. The van der Waals surface area contributed by atoms with Crippen LogP contribution >= 0.6 is 0 Å². The molecule has 2 rings (SSSR count). The maximum atomic E-state index is 13.1. The predicted molar refractivity (Wildman–Crippen MR) is 90.2 cm³/mol. The average Bonchev–Trinajstić information content (AvgIpc) is 2.75. The first-order chi connectivity index (χ1) is 10.7. The lowest BCUT2D eigenvalue weighted by Gasteiger charge is -2.26. The summed E-state index contributed by atoms with van der Waals surface area (Å²) in [5, 5.41) is 17.9. The Kier molecular flexibility index (Phi) is 5.22. The number of nitrogens with one attached hydrogen (secondary N) is 1. The van der Waals surface area contributed by atoms with Crippen molar-refractivity contribution in [2.24, 2.45) is 5.41 Å². The van der Waals surface area contributed by atoms with Crippen LogP contribution in [0.4, 0.5) is 4.39 Å². The van der Waals surface area contributed by atoms with Crippen molar-refractivity contribution in [1.29, 1.82) is 0 Å². The van der Waals surface area contributed by atoms with Crippen LogP contribution in [0.5, 0.6) is 0 Å². The molecule has 0 radical (unpaired) electrons. The van der Waals surface area contributed by atoms with E-state index in [1.807, 2.05) is 39.3 Å². The number of aryl methyl sites for hydroxylation is 1. The third-order valence-corrected chi connectivity index (χ3v) is 4.15. The van der Waals surface area contributed by atoms with Gasteiger partial charge in [0.2, 0.25) is 0 Å². The van der Waals surface area contributed by atoms with Gasteiger partial charge in [0.25, 0.3) is 0 Å². The van der Waals surface area contributed by atoms with E-state index in [9.17, 15) is 9.50 Å². The molecule has 1 aromatic carbocycles. The molecule has 2 aromatic rings. The second-order valence-corrected chi connectivity index (χ2v) is 7.05. The molecule has 0 saturated carbocycles. The topological polar surface area (TPSA) is 50.1 Å². The van der Waals surface area contributed by atoms with Gasteiger partial charge in [-0.2, -0.15) is 5.10 Å². The molecule has 0 bridgehead atoms. The zero-order valence-corrected chi connectivity index (χ0v) is 14.5. The molecule has 1 aromatic heterocycles. The molecule has 0 aliphatic rings. The Morgan fingerprint density at radius 1 is 1.22 bits per heavy atom. The molecule has 126 valence electrons. The van der Waals surface area contributed by atoms with Gasteiger partial charge in [-0.1, -0.05) is 20.8 Å². The van der Waals surface area contributed by atoms with E-state index in [0.29, 0.717) is 13.1 Å². The van der Waals surface area contributed by atoms with E-state index in [1.54, 1.807) is 12.1 Å². The summed E-state index contributed by atoms with van der Waals surface area (Å²) in [5.41, 5.74) is 3.76. The number of aliphatic hydroxyl groups is 1. The summed E-state index contributed by atoms with van der Waals surface area (Å²) in [6.45, 7) is 11.2. The van der Waals surface area contributed by atoms with Gasteiger partial charge in [-0.15, -0.1) is 0 Å². The number of benzene rings is 1. The fourth-order valence-electron chi connectivity index (χ4n) is 2.40. The predicted octanol–water partition coefficient (Wildman–Crippen LogP) is 3.12. The Bertz CT molecular complexity index is 656. The van der Waals surface area contributed by atoms with Gasteiger partial charge >= 0.3 is 0 Å². The Hall–Kier alpha value is -1.72. The minimum absolute atomic E-state index is 0.143. The van der Waals surface area contributed by atoms with Crippen molar-refractivity contribution >= 4 is 0 Å². The molecular formula is C18H26FN3O. The summed E-state index contributed by atoms with van der Waals surface area (Å²) in [6, 6.07) is 6.30. The van der Waals surface area contributed by atoms with E-state index < -0.39 is 6.10 Å². The molecule has 1 atom stereocenters. The third kappa shape index (κ3) is 4.18. The summed E-state index contributed by atoms with van der Waals surface area (Å²) < 4.78 is 14.9. The maximum absolute atomic E-state index is 13.1. The average molecular weight is 319 g/mol. The molecule has 0 saturated heterocycles. The van der Waals surface area contributed by atoms with Crippen molar-refractivity contribution < 1.29 is 9.50 Å². The standard InChI is InChI=1S/C18H26FN3O/c1-12-16(10-20-11-17(23)18(3,4)5)13(2)22(21-12)15-8-6-14(19)7-9-15/h6-9,17,20,23H,10-11H2,1-5H3. The third-order valence-electron chi connectivity index (χ3n) is 4.15. The molecule has 5 heteroatoms. The second kappa shape index (κ2) is 6.81. The fourth-order valence-corrected chi connectivity index (χ4v) is 2.40. The van der Waals surface area contributed by atoms with Crippen molar-refractivity contribution in [3.8, 4) is 5.69 Å². The summed E-state index contributed by atoms with van der Waals surface area (Å²) in [5.74, 6) is -0.256. The smallest absolute Gasteiger partial charge is 0.123 e. The van der Waals surface area contributed by atoms with Crippen LogP contribution in [0.1, 0.15) is 37.7 Å². The highest BCUT2D eigenvalue weighted by atomic mass is 19.1. The number of hydrogen-bond donors (Lipinski definition) is 2. The summed E-state index contributed by atoms with van der Waals surface area (Å²) in [7, 11) is 0. The van der Waals surface area contributed by atoms with Crippen LogP contribution in [0.2, 0.25) is 0 Å². The molecule has 0 fully saturated rings. The maximum Gasteiger partial charge on any atom is 0.123 e. The Morgan fingerprint density at radius 3 is 2.39 bits per heavy atom. The van der Waals surface area contributed by atoms with Crippen molar-refractivity contribution in [2.75, 3.05) is 6.54 Å². The molecule has 0 aliphatic carbocycles. The first kappa shape index (κ1) is 17.6. The molecule has 0 aliphatic heterocycles. The monoisotopic (exact) mass is 319 g/mol. The minimum atomic E-state index is -0.407. The van der Waals surface area contributed by atoms with Crippen LogP contribution in [0.15, 0.2) is 24.3 Å². The van der Waals surface area contributed by atoms with Gasteiger partial charge < -0.3 is 10.4 Å². The first-order valence-electron chi connectivity index (χ1n) is 7.90. The van der Waals surface area contributed by atoms with Gasteiger partial charge in [0.15, 0.2) is 0 Å². The number of hydrogen-bond acceptors (Lipinski definition) is 3. The zero-order chi connectivity index (χ0) is 17.2. The van der Waals surface area contributed by atoms with Crippen LogP contribution in [-0.2, 0) is 6.54 Å². The van der Waals surface area contributed by atoms with E-state index >= 15 is 0 Å². The van der Waals surface area contributed by atoms with Gasteiger partial charge in [0.05, 0.1) is 17.5 Å². The van der Waals surface area contributed by atoms with Crippen molar-refractivity contribution in [3.05, 3.63) is 47.0 Å². The highest BCUT2D eigenvalue weighted by Crippen LogP contribution is 2.20. The zero-order valence-electron chi connectivity index (χ0n) is 14.5. The van der Waals surface area contributed by atoms with E-state index in [1.165, 1.54) is 12.1 Å². The Balaban J connectivity index is 2.11. The molecular weight excluding hydrogens is 293 g/mol. The highest BCUT2D eigenvalue weighted by molar-refractivity contribution is 5.37. The lowest BCUT2D eigenvalue weighted by Crippen LogP contribution is -2.36. The van der Waals surface area contributed by atoms with Crippen molar-refractivity contribution in [1.82, 2.24) is 15.1 Å². The van der Waals surface area contributed by atoms with Crippen LogP contribution in [-0.4, -0.2) is 27.5 Å². The van der Waals surface area contributed by atoms with Gasteiger partial charge in [-0.3, -0.25) is 0 Å². The number of rotatable bonds is 5. The molecule has 4 nitrogen and oxygen atoms in total. The van der Waals surface area contributed by atoms with E-state index in [4.69, 9.17) is 0 Å². The normalized spacial score (nSPS) is 13.3. The van der Waals surface area contributed by atoms with Gasteiger partial charge in [0, 0.05) is 24.3 Å². The summed E-state index contributed by atoms with van der Waals surface area (Å²) in [4.78, 5) is 0. The fraction of sp³-hybridized carbons (Fsp3) is 0.500. The minimum Gasteiger partial charge on any atom is -0.391 e. The molecule has 2 N–H and O–H groups in total. The largest absolute Gasteiger partial charge is 0.391 e. The Labute approximate surface area is 137 Å². The van der Waals surface area contributed by atoms with E-state index in [2.05, 4.69) is 10.4 Å². The molecule has 1 heterocycles. The molecule has 23 heavy (non-hydrogen) atoms. The lowest BCUT2D eigenvalue weighted by atomic mass is 9.89. The van der Waals surface area contributed by atoms with Crippen LogP contribution < -0.4 is 5.32 Å². The first-order valence-corrected chi connectivity index (χ1v) is 7.90. The van der Waals surface area contributed by atoms with E-state index in [-0.39, 0.29) is 11.2 Å². The summed E-state index contributed by atoms with van der Waals surface area (Å²) in [6.07, 6.45) is -0.407. The Morgan fingerprint density at radius 2 is 1.83 bits per heavy atom. The number of nitrogens with zero attached hydrogens (tertiary/aromatic N) is 2. The SMILES string of the molecule is Cc1nn(-c2ccc(F)cc2)c(C)c1CNCC(O)C(C)(C)C. The highest BCUT2D eigenvalue weighted by Gasteiger charge is 2.22. The molecule has 0 amide bonds. The van der Waals surface area contributed by atoms with Gasteiger partial charge in [0.1, 0.15) is 5.82 Å². The van der Waals surface area contributed by atoms with Crippen molar-refractivity contribution in [2.45, 2.75) is 47.3 Å². The van der Waals surface area contributed by atoms with Crippen molar-refractivity contribution in [3.63, 3.8) is 0 Å². The quantitative estimate of drug-likeness (QED) is 0.890. The number of aromatic nitrogens is 2. The number of halogens is 1. The van der Waals surface area contributed by atoms with Crippen LogP contribution in [0.25, 0.3) is 5.69 Å². The van der Waals surface area contributed by atoms with Gasteiger partial charge in [-0.05, 0) is 43.5 Å². The lowest BCUT2D eigenvalue weighted by molar-refractivity contribution is 0.0627. The van der Waals surface area contributed by atoms with Crippen LogP contribution in [0.3, 0.4) is 0 Å². The summed E-state index contributed by atoms with van der Waals surface area (Å²) >= 11 is 0.